The van der Waals surface area contributed by atoms with Gasteiger partial charge in [-0.1, -0.05) is 12.0 Å². The van der Waals surface area contributed by atoms with E-state index in [1.54, 1.807) is 6.92 Å². The number of carbonyl (C=O) groups excluding carboxylic acids is 1. The lowest BCUT2D eigenvalue weighted by Crippen LogP contribution is -2.37. The number of benzene rings is 1. The highest BCUT2D eigenvalue weighted by atomic mass is 32.2. The minimum Gasteiger partial charge on any atom is -0.408 e. The van der Waals surface area contributed by atoms with Crippen molar-refractivity contribution < 1.29 is 17.6 Å². The summed E-state index contributed by atoms with van der Waals surface area (Å²) < 4.78 is 31.9. The number of sulfonamides is 1. The van der Waals surface area contributed by atoms with Crippen LogP contribution in [-0.2, 0) is 10.0 Å². The molecule has 0 bridgehead atoms. The second-order valence-corrected chi connectivity index (χ2v) is 8.13. The number of rotatable bonds is 4. The molecule has 0 spiro atoms. The second-order valence-electron chi connectivity index (χ2n) is 6.19. The molecule has 9 heteroatoms. The van der Waals surface area contributed by atoms with Gasteiger partial charge < -0.3 is 4.42 Å². The summed E-state index contributed by atoms with van der Waals surface area (Å²) in [6, 6.07) is 5.83. The summed E-state index contributed by atoms with van der Waals surface area (Å²) in [7, 11) is -3.52. The van der Waals surface area contributed by atoms with Crippen LogP contribution >= 0.6 is 0 Å². The fraction of sp³-hybridized carbons (Fsp3) is 0.438. The second kappa shape index (κ2) is 6.93. The number of piperidine rings is 1. The van der Waals surface area contributed by atoms with E-state index in [4.69, 9.17) is 4.42 Å². The van der Waals surface area contributed by atoms with Crippen molar-refractivity contribution in [3.63, 3.8) is 0 Å². The summed E-state index contributed by atoms with van der Waals surface area (Å²) in [5.74, 6) is 0.442. The number of aryl methyl sites for hydroxylation is 1. The lowest BCUT2D eigenvalue weighted by Gasteiger charge is -2.29. The van der Waals surface area contributed by atoms with Crippen LogP contribution in [0.4, 0.5) is 6.01 Å². The number of hydrogen-bond donors (Lipinski definition) is 1. The van der Waals surface area contributed by atoms with Crippen LogP contribution in [0.5, 0.6) is 0 Å². The molecule has 0 atom stereocenters. The van der Waals surface area contributed by atoms with Crippen LogP contribution in [0.1, 0.15) is 36.0 Å². The molecule has 0 radical (unpaired) electrons. The Morgan fingerprint density at radius 3 is 2.40 bits per heavy atom. The van der Waals surface area contributed by atoms with Gasteiger partial charge in [0, 0.05) is 25.6 Å². The number of nitrogens with zero attached hydrogens (tertiary/aromatic N) is 3. The van der Waals surface area contributed by atoms with Gasteiger partial charge in [-0.2, -0.15) is 4.31 Å². The van der Waals surface area contributed by atoms with Gasteiger partial charge in [0.2, 0.25) is 15.9 Å². The minimum atomic E-state index is -3.52. The molecule has 0 unspecified atom stereocenters. The number of amides is 1. The molecule has 0 saturated carbocycles. The van der Waals surface area contributed by atoms with E-state index in [9.17, 15) is 13.2 Å². The van der Waals surface area contributed by atoms with E-state index >= 15 is 0 Å². The van der Waals surface area contributed by atoms with Gasteiger partial charge in [-0.05, 0) is 43.0 Å². The molecule has 2 aromatic rings. The van der Waals surface area contributed by atoms with Gasteiger partial charge in [-0.15, -0.1) is 5.10 Å². The molecule has 2 heterocycles. The molecule has 1 N–H and O–H groups in total. The maximum atomic E-state index is 12.7. The average Bonchev–Trinajstić information content (AvgIpc) is 3.00. The number of anilines is 1. The van der Waals surface area contributed by atoms with E-state index in [-0.39, 0.29) is 10.9 Å². The predicted octanol–water partition coefficient (Wildman–Crippen LogP) is 2.05. The largest absolute Gasteiger partial charge is 0.408 e. The summed E-state index contributed by atoms with van der Waals surface area (Å²) in [6.07, 6.45) is 1.73. The molecule has 8 nitrogen and oxygen atoms in total. The van der Waals surface area contributed by atoms with Crippen LogP contribution in [0.2, 0.25) is 0 Å². The Morgan fingerprint density at radius 1 is 1.20 bits per heavy atom. The molecule has 1 saturated heterocycles. The van der Waals surface area contributed by atoms with E-state index in [1.807, 2.05) is 0 Å². The lowest BCUT2D eigenvalue weighted by molar-refractivity contribution is 0.102. The molecule has 1 aliphatic rings. The predicted molar refractivity (Wildman–Crippen MR) is 90.6 cm³/mol. The van der Waals surface area contributed by atoms with Crippen LogP contribution in [0.15, 0.2) is 33.6 Å². The SMILES string of the molecule is Cc1nnc(NC(=O)c2ccc(S(=O)(=O)N3CCC(C)CC3)cc2)o1. The molecule has 134 valence electrons. The first-order valence-electron chi connectivity index (χ1n) is 8.08. The number of hydrogen-bond acceptors (Lipinski definition) is 6. The molecule has 0 aliphatic carbocycles. The van der Waals surface area contributed by atoms with E-state index in [1.165, 1.54) is 28.6 Å². The molecule has 25 heavy (non-hydrogen) atoms. The quantitative estimate of drug-likeness (QED) is 0.890. The first-order valence-corrected chi connectivity index (χ1v) is 9.52. The topological polar surface area (TPSA) is 105 Å². The van der Waals surface area contributed by atoms with Gasteiger partial charge in [0.05, 0.1) is 4.90 Å². The van der Waals surface area contributed by atoms with Gasteiger partial charge in [-0.3, -0.25) is 10.1 Å². The van der Waals surface area contributed by atoms with E-state index in [2.05, 4.69) is 22.4 Å². The van der Waals surface area contributed by atoms with Crippen molar-refractivity contribution >= 4 is 21.9 Å². The van der Waals surface area contributed by atoms with Crippen LogP contribution in [0.25, 0.3) is 0 Å². The van der Waals surface area contributed by atoms with E-state index in [0.717, 1.165) is 12.8 Å². The summed E-state index contributed by atoms with van der Waals surface area (Å²) >= 11 is 0. The third-order valence-electron chi connectivity index (χ3n) is 4.24. The zero-order chi connectivity index (χ0) is 18.0. The van der Waals surface area contributed by atoms with E-state index in [0.29, 0.717) is 30.5 Å². The molecule has 1 fully saturated rings. The van der Waals surface area contributed by atoms with Crippen molar-refractivity contribution in [1.29, 1.82) is 0 Å². The van der Waals surface area contributed by atoms with Crippen molar-refractivity contribution in [1.82, 2.24) is 14.5 Å². The Bertz CT molecular complexity index is 853. The number of carbonyl (C=O) groups is 1. The first kappa shape index (κ1) is 17.6. The Morgan fingerprint density at radius 2 is 1.84 bits per heavy atom. The highest BCUT2D eigenvalue weighted by molar-refractivity contribution is 7.89. The van der Waals surface area contributed by atoms with Crippen LogP contribution in [0, 0.1) is 12.8 Å². The van der Waals surface area contributed by atoms with Crippen LogP contribution in [0.3, 0.4) is 0 Å². The minimum absolute atomic E-state index is 0.00151. The van der Waals surface area contributed by atoms with Crippen LogP contribution in [-0.4, -0.2) is 41.9 Å². The molecule has 1 aliphatic heterocycles. The van der Waals surface area contributed by atoms with Crippen molar-refractivity contribution in [3.05, 3.63) is 35.7 Å². The standard InChI is InChI=1S/C16H20N4O4S/c1-11-7-9-20(10-8-11)25(22,23)14-5-3-13(4-6-14)15(21)17-16-19-18-12(2)24-16/h3-6,11H,7-10H2,1-2H3,(H,17,19,21). The molecular weight excluding hydrogens is 344 g/mol. The average molecular weight is 364 g/mol. The molecule has 1 aromatic carbocycles. The van der Waals surface area contributed by atoms with E-state index < -0.39 is 15.9 Å². The Hall–Kier alpha value is -2.26. The summed E-state index contributed by atoms with van der Waals surface area (Å²) in [6.45, 7) is 4.80. The molecule has 1 aromatic heterocycles. The number of aromatic nitrogens is 2. The van der Waals surface area contributed by atoms with Crippen LogP contribution < -0.4 is 5.32 Å². The normalized spacial score (nSPS) is 16.7. The molecule has 3 rings (SSSR count). The van der Waals surface area contributed by atoms with Crippen molar-refractivity contribution in [2.24, 2.45) is 5.92 Å². The Kier molecular flexibility index (Phi) is 4.87. The molecular formula is C16H20N4O4S. The number of nitrogens with one attached hydrogen (secondary N) is 1. The highest BCUT2D eigenvalue weighted by Gasteiger charge is 2.28. The van der Waals surface area contributed by atoms with Gasteiger partial charge in [0.1, 0.15) is 0 Å². The summed E-state index contributed by atoms with van der Waals surface area (Å²) in [5.41, 5.74) is 0.307. The summed E-state index contributed by atoms with van der Waals surface area (Å²) in [5, 5.41) is 9.77. The highest BCUT2D eigenvalue weighted by Crippen LogP contribution is 2.23. The van der Waals surface area contributed by atoms with Crippen molar-refractivity contribution in [3.8, 4) is 0 Å². The maximum Gasteiger partial charge on any atom is 0.322 e. The fourth-order valence-electron chi connectivity index (χ4n) is 2.67. The van der Waals surface area contributed by atoms with Gasteiger partial charge in [-0.25, -0.2) is 8.42 Å². The fourth-order valence-corrected chi connectivity index (χ4v) is 4.14. The van der Waals surface area contributed by atoms with Gasteiger partial charge in [0.25, 0.3) is 5.91 Å². The third-order valence-corrected chi connectivity index (χ3v) is 6.16. The first-order chi connectivity index (χ1) is 11.9. The summed E-state index contributed by atoms with van der Waals surface area (Å²) in [4.78, 5) is 12.3. The Labute approximate surface area is 146 Å². The Balaban J connectivity index is 1.72. The monoisotopic (exact) mass is 364 g/mol. The van der Waals surface area contributed by atoms with Gasteiger partial charge in [0.15, 0.2) is 0 Å². The zero-order valence-electron chi connectivity index (χ0n) is 14.1. The molecule has 1 amide bonds. The lowest BCUT2D eigenvalue weighted by atomic mass is 10.0. The van der Waals surface area contributed by atoms with Crippen molar-refractivity contribution in [2.45, 2.75) is 31.6 Å². The zero-order valence-corrected chi connectivity index (χ0v) is 14.9. The smallest absolute Gasteiger partial charge is 0.322 e. The van der Waals surface area contributed by atoms with Crippen molar-refractivity contribution in [2.75, 3.05) is 18.4 Å². The van der Waals surface area contributed by atoms with Gasteiger partial charge >= 0.3 is 6.01 Å². The third kappa shape index (κ3) is 3.88. The maximum absolute atomic E-state index is 12.7.